The van der Waals surface area contributed by atoms with Gasteiger partial charge in [0.05, 0.1) is 6.20 Å². The highest BCUT2D eigenvalue weighted by Gasteiger charge is 2.32. The number of carbonyl (C=O) groups is 1. The summed E-state index contributed by atoms with van der Waals surface area (Å²) in [6.45, 7) is 11.6. The van der Waals surface area contributed by atoms with Gasteiger partial charge in [-0.2, -0.15) is 10.1 Å². The van der Waals surface area contributed by atoms with Crippen LogP contribution >= 0.6 is 0 Å². The second kappa shape index (κ2) is 7.99. The third kappa shape index (κ3) is 4.49. The number of hydrogen-bond acceptors (Lipinski definition) is 6. The van der Waals surface area contributed by atoms with Crippen LogP contribution in [-0.4, -0.2) is 61.8 Å². The molecule has 8 nitrogen and oxygen atoms in total. The molecule has 1 unspecified atom stereocenters. The topological polar surface area (TPSA) is 80.3 Å². The fourth-order valence-corrected chi connectivity index (χ4v) is 3.42. The number of carbonyl (C=O) groups excluding carboxylic acids is 1. The van der Waals surface area contributed by atoms with Crippen molar-refractivity contribution in [2.75, 3.05) is 26.2 Å². The Bertz CT molecular complexity index is 738. The molecule has 26 heavy (non-hydrogen) atoms. The largest absolute Gasteiger partial charge is 0.339 e. The highest BCUT2D eigenvalue weighted by atomic mass is 16.5. The fourth-order valence-electron chi connectivity index (χ4n) is 3.42. The Hall–Kier alpha value is -2.22. The van der Waals surface area contributed by atoms with Crippen LogP contribution in [0.5, 0.6) is 0 Å². The average Bonchev–Trinajstić information content (AvgIpc) is 3.11. The van der Waals surface area contributed by atoms with Gasteiger partial charge in [-0.15, -0.1) is 0 Å². The lowest BCUT2D eigenvalue weighted by molar-refractivity contribution is -0.132. The lowest BCUT2D eigenvalue weighted by Gasteiger charge is -2.30. The van der Waals surface area contributed by atoms with Crippen LogP contribution in [0.15, 0.2) is 16.9 Å². The molecule has 0 saturated carbocycles. The molecule has 2 aromatic rings. The number of rotatable bonds is 5. The maximum Gasteiger partial charge on any atom is 0.245 e. The number of nitrogens with zero attached hydrogens (tertiary/aromatic N) is 6. The second-order valence-electron chi connectivity index (χ2n) is 7.49. The van der Waals surface area contributed by atoms with Gasteiger partial charge in [0.15, 0.2) is 5.82 Å². The summed E-state index contributed by atoms with van der Waals surface area (Å²) in [7, 11) is 0. The minimum absolute atomic E-state index is 0.0654. The molecule has 1 aliphatic rings. The highest BCUT2D eigenvalue weighted by molar-refractivity contribution is 5.76. The van der Waals surface area contributed by atoms with E-state index in [1.165, 1.54) is 0 Å². The maximum atomic E-state index is 12.8. The first-order valence-corrected chi connectivity index (χ1v) is 9.23. The molecular formula is C18H28N6O2. The third-order valence-corrected chi connectivity index (χ3v) is 4.55. The summed E-state index contributed by atoms with van der Waals surface area (Å²) >= 11 is 0. The smallest absolute Gasteiger partial charge is 0.245 e. The quantitative estimate of drug-likeness (QED) is 0.809. The van der Waals surface area contributed by atoms with Gasteiger partial charge in [-0.3, -0.25) is 14.4 Å². The molecule has 1 atom stereocenters. The zero-order chi connectivity index (χ0) is 18.7. The van der Waals surface area contributed by atoms with Crippen LogP contribution in [0, 0.1) is 19.8 Å². The van der Waals surface area contributed by atoms with Crippen LogP contribution in [0.2, 0.25) is 0 Å². The van der Waals surface area contributed by atoms with Gasteiger partial charge in [-0.1, -0.05) is 19.0 Å². The first-order valence-electron chi connectivity index (χ1n) is 9.23. The molecule has 3 rings (SSSR count). The Labute approximate surface area is 154 Å². The van der Waals surface area contributed by atoms with Crippen molar-refractivity contribution in [1.29, 1.82) is 0 Å². The van der Waals surface area contributed by atoms with Crippen molar-refractivity contribution >= 4 is 5.91 Å². The lowest BCUT2D eigenvalue weighted by atomic mass is 10.1. The van der Waals surface area contributed by atoms with Crippen molar-refractivity contribution in [3.8, 4) is 0 Å². The van der Waals surface area contributed by atoms with Gasteiger partial charge >= 0.3 is 0 Å². The lowest BCUT2D eigenvalue weighted by Crippen LogP contribution is -2.40. The van der Waals surface area contributed by atoms with Crippen molar-refractivity contribution in [1.82, 2.24) is 29.7 Å². The van der Waals surface area contributed by atoms with E-state index in [0.717, 1.165) is 31.6 Å². The summed E-state index contributed by atoms with van der Waals surface area (Å²) in [4.78, 5) is 21.5. The monoisotopic (exact) mass is 360 g/mol. The number of aryl methyl sites for hydroxylation is 2. The summed E-state index contributed by atoms with van der Waals surface area (Å²) in [5.41, 5.74) is 1.05. The molecule has 0 spiro atoms. The predicted molar refractivity (Wildman–Crippen MR) is 96.3 cm³/mol. The Morgan fingerprint density at radius 2 is 2.15 bits per heavy atom. The first-order chi connectivity index (χ1) is 12.4. The van der Waals surface area contributed by atoms with E-state index in [2.05, 4.69) is 34.0 Å². The Kier molecular flexibility index (Phi) is 5.70. The Morgan fingerprint density at radius 3 is 2.77 bits per heavy atom. The Balaban J connectivity index is 1.76. The molecule has 1 amide bonds. The molecule has 3 heterocycles. The van der Waals surface area contributed by atoms with E-state index in [1.807, 2.05) is 24.9 Å². The van der Waals surface area contributed by atoms with Gasteiger partial charge in [0.25, 0.3) is 0 Å². The molecule has 0 N–H and O–H groups in total. The second-order valence-corrected chi connectivity index (χ2v) is 7.49. The SMILES string of the molecule is Cc1cnn(CC(=O)N2CCCN(CC(C)C)C(c3nc(C)no3)C2)c1. The molecule has 0 radical (unpaired) electrons. The van der Waals surface area contributed by atoms with Gasteiger partial charge in [0.1, 0.15) is 12.6 Å². The summed E-state index contributed by atoms with van der Waals surface area (Å²) in [5, 5.41) is 8.17. The van der Waals surface area contributed by atoms with Crippen molar-refractivity contribution in [3.05, 3.63) is 29.7 Å². The van der Waals surface area contributed by atoms with Gasteiger partial charge in [-0.05, 0) is 31.7 Å². The van der Waals surface area contributed by atoms with E-state index in [1.54, 1.807) is 10.9 Å². The first kappa shape index (κ1) is 18.6. The zero-order valence-electron chi connectivity index (χ0n) is 16.1. The number of aromatic nitrogens is 4. The van der Waals surface area contributed by atoms with Crippen molar-refractivity contribution in [2.24, 2.45) is 5.92 Å². The molecule has 142 valence electrons. The molecule has 1 saturated heterocycles. The molecule has 0 aromatic carbocycles. The van der Waals surface area contributed by atoms with Crippen LogP contribution in [0.1, 0.15) is 43.6 Å². The van der Waals surface area contributed by atoms with Crippen LogP contribution in [0.4, 0.5) is 0 Å². The normalized spacial score (nSPS) is 19.1. The minimum Gasteiger partial charge on any atom is -0.339 e. The van der Waals surface area contributed by atoms with Gasteiger partial charge in [0.2, 0.25) is 11.8 Å². The molecule has 1 fully saturated rings. The molecular weight excluding hydrogens is 332 g/mol. The van der Waals surface area contributed by atoms with Crippen LogP contribution in [0.25, 0.3) is 0 Å². The van der Waals surface area contributed by atoms with Gasteiger partial charge < -0.3 is 9.42 Å². The van der Waals surface area contributed by atoms with Crippen molar-refractivity contribution in [3.63, 3.8) is 0 Å². The van der Waals surface area contributed by atoms with Gasteiger partial charge in [0, 0.05) is 32.4 Å². The zero-order valence-corrected chi connectivity index (χ0v) is 16.1. The van der Waals surface area contributed by atoms with Crippen LogP contribution in [-0.2, 0) is 11.3 Å². The molecule has 2 aromatic heterocycles. The molecule has 0 aliphatic carbocycles. The summed E-state index contributed by atoms with van der Waals surface area (Å²) in [6.07, 6.45) is 4.59. The van der Waals surface area contributed by atoms with Crippen LogP contribution in [0.3, 0.4) is 0 Å². The number of hydrogen-bond donors (Lipinski definition) is 0. The van der Waals surface area contributed by atoms with E-state index in [-0.39, 0.29) is 18.5 Å². The van der Waals surface area contributed by atoms with E-state index in [9.17, 15) is 4.79 Å². The van der Waals surface area contributed by atoms with Gasteiger partial charge in [-0.25, -0.2) is 0 Å². The molecule has 8 heteroatoms. The minimum atomic E-state index is -0.0654. The maximum absolute atomic E-state index is 12.8. The van der Waals surface area contributed by atoms with E-state index < -0.39 is 0 Å². The number of amides is 1. The third-order valence-electron chi connectivity index (χ3n) is 4.55. The highest BCUT2D eigenvalue weighted by Crippen LogP contribution is 2.25. The van der Waals surface area contributed by atoms with Crippen molar-refractivity contribution in [2.45, 2.75) is 46.7 Å². The molecule has 0 bridgehead atoms. The fraction of sp³-hybridized carbons (Fsp3) is 0.667. The molecule has 1 aliphatic heterocycles. The summed E-state index contributed by atoms with van der Waals surface area (Å²) < 4.78 is 7.16. The summed E-state index contributed by atoms with van der Waals surface area (Å²) in [5.74, 6) is 1.81. The predicted octanol–water partition coefficient (Wildman–Crippen LogP) is 1.81. The summed E-state index contributed by atoms with van der Waals surface area (Å²) in [6, 6.07) is -0.0654. The van der Waals surface area contributed by atoms with E-state index in [4.69, 9.17) is 4.52 Å². The van der Waals surface area contributed by atoms with E-state index in [0.29, 0.717) is 24.2 Å². The standard InChI is InChI=1S/C18H28N6O2/c1-13(2)9-22-6-5-7-23(11-16(22)18-20-15(4)21-26-18)17(25)12-24-10-14(3)8-19-24/h8,10,13,16H,5-7,9,11-12H2,1-4H3. The van der Waals surface area contributed by atoms with Crippen molar-refractivity contribution < 1.29 is 9.32 Å². The Morgan fingerprint density at radius 1 is 1.35 bits per heavy atom. The van der Waals surface area contributed by atoms with E-state index >= 15 is 0 Å². The average molecular weight is 360 g/mol. The van der Waals surface area contributed by atoms with Crippen LogP contribution < -0.4 is 0 Å².